The van der Waals surface area contributed by atoms with Gasteiger partial charge in [-0.2, -0.15) is 0 Å². The standard InChI is InChI=1S/C16H19BrN2O2S/c1-21-16-8-15(13(17)9-19-16)22-14-5-3-2-4-11(14)6-7-12(18)10-20/h2-5,8-9,12,20H,6-7,10,18H2,1H3. The minimum Gasteiger partial charge on any atom is -0.481 e. The number of pyridine rings is 1. The van der Waals surface area contributed by atoms with E-state index in [2.05, 4.69) is 33.0 Å². The lowest BCUT2D eigenvalue weighted by atomic mass is 10.1. The van der Waals surface area contributed by atoms with Crippen molar-refractivity contribution in [1.29, 1.82) is 0 Å². The average molecular weight is 383 g/mol. The van der Waals surface area contributed by atoms with Crippen LogP contribution < -0.4 is 10.5 Å². The molecule has 1 heterocycles. The van der Waals surface area contributed by atoms with E-state index in [1.807, 2.05) is 18.2 Å². The Balaban J connectivity index is 2.19. The highest BCUT2D eigenvalue weighted by molar-refractivity contribution is 9.10. The van der Waals surface area contributed by atoms with E-state index in [1.54, 1.807) is 25.1 Å². The molecular weight excluding hydrogens is 364 g/mol. The van der Waals surface area contributed by atoms with Gasteiger partial charge in [0.2, 0.25) is 5.88 Å². The minimum absolute atomic E-state index is 0.0163. The average Bonchev–Trinajstić information content (AvgIpc) is 2.55. The zero-order chi connectivity index (χ0) is 15.9. The smallest absolute Gasteiger partial charge is 0.214 e. The van der Waals surface area contributed by atoms with Crippen LogP contribution in [-0.2, 0) is 6.42 Å². The van der Waals surface area contributed by atoms with Gasteiger partial charge in [0.15, 0.2) is 0 Å². The van der Waals surface area contributed by atoms with Crippen molar-refractivity contribution in [2.45, 2.75) is 28.7 Å². The van der Waals surface area contributed by atoms with Gasteiger partial charge in [-0.1, -0.05) is 30.0 Å². The lowest BCUT2D eigenvalue weighted by Crippen LogP contribution is -2.24. The molecule has 6 heteroatoms. The number of aryl methyl sites for hydroxylation is 1. The van der Waals surface area contributed by atoms with Crippen molar-refractivity contribution in [3.05, 3.63) is 46.6 Å². The van der Waals surface area contributed by atoms with Crippen LogP contribution in [0.5, 0.6) is 5.88 Å². The number of aliphatic hydroxyl groups excluding tert-OH is 1. The first kappa shape index (κ1) is 17.3. The van der Waals surface area contributed by atoms with E-state index in [0.29, 0.717) is 5.88 Å². The highest BCUT2D eigenvalue weighted by Gasteiger charge is 2.10. The number of ether oxygens (including phenoxy) is 1. The Labute approximate surface area is 143 Å². The SMILES string of the molecule is COc1cc(Sc2ccccc2CCC(N)CO)c(Br)cn1. The second-order valence-corrected chi connectivity index (χ2v) is 6.79. The van der Waals surface area contributed by atoms with Crippen molar-refractivity contribution in [1.82, 2.24) is 4.98 Å². The molecule has 0 radical (unpaired) electrons. The van der Waals surface area contributed by atoms with Crippen LogP contribution in [-0.4, -0.2) is 29.8 Å². The molecule has 0 fully saturated rings. The molecule has 4 nitrogen and oxygen atoms in total. The van der Waals surface area contributed by atoms with Crippen LogP contribution >= 0.6 is 27.7 Å². The molecule has 118 valence electrons. The minimum atomic E-state index is -0.175. The zero-order valence-corrected chi connectivity index (χ0v) is 14.7. The first-order chi connectivity index (χ1) is 10.6. The number of aliphatic hydroxyl groups is 1. The quantitative estimate of drug-likeness (QED) is 0.768. The Morgan fingerprint density at radius 3 is 2.86 bits per heavy atom. The van der Waals surface area contributed by atoms with E-state index in [-0.39, 0.29) is 12.6 Å². The number of hydrogen-bond acceptors (Lipinski definition) is 5. The summed E-state index contributed by atoms with van der Waals surface area (Å²) < 4.78 is 6.11. The molecule has 1 aromatic carbocycles. The van der Waals surface area contributed by atoms with E-state index < -0.39 is 0 Å². The van der Waals surface area contributed by atoms with Crippen LogP contribution in [0.3, 0.4) is 0 Å². The molecule has 0 bridgehead atoms. The summed E-state index contributed by atoms with van der Waals surface area (Å²) in [4.78, 5) is 6.38. The predicted molar refractivity (Wildman–Crippen MR) is 92.4 cm³/mol. The van der Waals surface area contributed by atoms with Crippen molar-refractivity contribution in [3.63, 3.8) is 0 Å². The van der Waals surface area contributed by atoms with Crippen molar-refractivity contribution in [2.24, 2.45) is 5.73 Å². The number of halogens is 1. The van der Waals surface area contributed by atoms with Crippen molar-refractivity contribution < 1.29 is 9.84 Å². The number of nitrogens with two attached hydrogens (primary N) is 1. The molecule has 1 atom stereocenters. The Bertz CT molecular complexity index is 625. The zero-order valence-electron chi connectivity index (χ0n) is 12.3. The molecule has 0 amide bonds. The number of methoxy groups -OCH3 is 1. The van der Waals surface area contributed by atoms with Crippen LogP contribution in [0.2, 0.25) is 0 Å². The summed E-state index contributed by atoms with van der Waals surface area (Å²) in [6.45, 7) is 0.0163. The van der Waals surface area contributed by atoms with Gasteiger partial charge in [-0.05, 0) is 40.4 Å². The Morgan fingerprint density at radius 1 is 1.36 bits per heavy atom. The normalized spacial score (nSPS) is 12.2. The molecule has 1 aromatic heterocycles. The summed E-state index contributed by atoms with van der Waals surface area (Å²) in [5.41, 5.74) is 7.02. The second kappa shape index (κ2) is 8.53. The van der Waals surface area contributed by atoms with Gasteiger partial charge in [-0.3, -0.25) is 0 Å². The number of rotatable bonds is 7. The van der Waals surface area contributed by atoms with Gasteiger partial charge in [0, 0.05) is 28.1 Å². The van der Waals surface area contributed by atoms with Gasteiger partial charge in [-0.15, -0.1) is 0 Å². The second-order valence-electron chi connectivity index (χ2n) is 4.85. The third-order valence-electron chi connectivity index (χ3n) is 3.22. The molecule has 2 rings (SSSR count). The maximum absolute atomic E-state index is 9.05. The molecule has 0 spiro atoms. The fourth-order valence-electron chi connectivity index (χ4n) is 1.95. The molecule has 0 saturated heterocycles. The predicted octanol–water partition coefficient (Wildman–Crippen LogP) is 3.26. The van der Waals surface area contributed by atoms with Gasteiger partial charge >= 0.3 is 0 Å². The summed E-state index contributed by atoms with van der Waals surface area (Å²) in [5, 5.41) is 9.05. The summed E-state index contributed by atoms with van der Waals surface area (Å²) in [6, 6.07) is 9.95. The third kappa shape index (κ3) is 4.71. The van der Waals surface area contributed by atoms with Gasteiger partial charge in [0.25, 0.3) is 0 Å². The van der Waals surface area contributed by atoms with Gasteiger partial charge in [0.05, 0.1) is 18.2 Å². The summed E-state index contributed by atoms with van der Waals surface area (Å²) in [7, 11) is 1.61. The van der Waals surface area contributed by atoms with E-state index in [9.17, 15) is 0 Å². The molecule has 2 aromatic rings. The summed E-state index contributed by atoms with van der Waals surface area (Å²) in [6.07, 6.45) is 3.34. The molecule has 0 aliphatic heterocycles. The van der Waals surface area contributed by atoms with Gasteiger partial charge < -0.3 is 15.6 Å². The summed E-state index contributed by atoms with van der Waals surface area (Å²) in [5.74, 6) is 0.588. The number of hydrogen-bond donors (Lipinski definition) is 2. The molecule has 0 aliphatic carbocycles. The van der Waals surface area contributed by atoms with E-state index >= 15 is 0 Å². The topological polar surface area (TPSA) is 68.4 Å². The van der Waals surface area contributed by atoms with Crippen LogP contribution in [0.4, 0.5) is 0 Å². The first-order valence-corrected chi connectivity index (χ1v) is 8.56. The molecular formula is C16H19BrN2O2S. The fraction of sp³-hybridized carbons (Fsp3) is 0.312. The van der Waals surface area contributed by atoms with Crippen molar-refractivity contribution in [3.8, 4) is 5.88 Å². The highest BCUT2D eigenvalue weighted by Crippen LogP contribution is 2.36. The number of benzene rings is 1. The van der Waals surface area contributed by atoms with Gasteiger partial charge in [-0.25, -0.2) is 4.98 Å². The van der Waals surface area contributed by atoms with E-state index in [4.69, 9.17) is 15.6 Å². The maximum Gasteiger partial charge on any atom is 0.214 e. The summed E-state index contributed by atoms with van der Waals surface area (Å²) >= 11 is 5.18. The molecule has 22 heavy (non-hydrogen) atoms. The largest absolute Gasteiger partial charge is 0.481 e. The molecule has 0 saturated carbocycles. The van der Waals surface area contributed by atoms with Crippen LogP contribution in [0.25, 0.3) is 0 Å². The van der Waals surface area contributed by atoms with E-state index in [0.717, 1.165) is 22.2 Å². The maximum atomic E-state index is 9.05. The number of aromatic nitrogens is 1. The van der Waals surface area contributed by atoms with E-state index in [1.165, 1.54) is 10.5 Å². The van der Waals surface area contributed by atoms with Crippen LogP contribution in [0, 0.1) is 0 Å². The Kier molecular flexibility index (Phi) is 6.70. The molecule has 1 unspecified atom stereocenters. The lowest BCUT2D eigenvalue weighted by molar-refractivity contribution is 0.260. The van der Waals surface area contributed by atoms with Crippen LogP contribution in [0.1, 0.15) is 12.0 Å². The van der Waals surface area contributed by atoms with Gasteiger partial charge in [0.1, 0.15) is 0 Å². The Morgan fingerprint density at radius 2 is 2.14 bits per heavy atom. The first-order valence-electron chi connectivity index (χ1n) is 6.95. The monoisotopic (exact) mass is 382 g/mol. The fourth-order valence-corrected chi connectivity index (χ4v) is 3.41. The molecule has 0 aliphatic rings. The highest BCUT2D eigenvalue weighted by atomic mass is 79.9. The third-order valence-corrected chi connectivity index (χ3v) is 5.29. The molecule has 3 N–H and O–H groups in total. The van der Waals surface area contributed by atoms with Crippen LogP contribution in [0.15, 0.2) is 50.8 Å². The van der Waals surface area contributed by atoms with Crippen molar-refractivity contribution in [2.75, 3.05) is 13.7 Å². The Hall–Kier alpha value is -1.08. The van der Waals surface area contributed by atoms with Crippen molar-refractivity contribution >= 4 is 27.7 Å². The lowest BCUT2D eigenvalue weighted by Gasteiger charge is -2.12. The number of nitrogens with zero attached hydrogens (tertiary/aromatic N) is 1.